The zero-order valence-electron chi connectivity index (χ0n) is 17.7. The summed E-state index contributed by atoms with van der Waals surface area (Å²) in [6, 6.07) is 10.8. The molecule has 0 aliphatic carbocycles. The van der Waals surface area contributed by atoms with Gasteiger partial charge in [0, 0.05) is 25.0 Å². The zero-order chi connectivity index (χ0) is 22.4. The minimum absolute atomic E-state index is 0.131. The van der Waals surface area contributed by atoms with Crippen LogP contribution in [-0.4, -0.2) is 39.2 Å². The molecule has 1 amide bonds. The Balaban J connectivity index is 1.53. The van der Waals surface area contributed by atoms with Crippen molar-refractivity contribution >= 4 is 39.6 Å². The normalized spacial score (nSPS) is 16.0. The fourth-order valence-electron chi connectivity index (χ4n) is 4.38. The van der Waals surface area contributed by atoms with Gasteiger partial charge in [-0.05, 0) is 47.0 Å². The van der Waals surface area contributed by atoms with Crippen LogP contribution < -0.4 is 5.73 Å². The number of nitrogen functional groups attached to an aromatic ring is 1. The van der Waals surface area contributed by atoms with Crippen molar-refractivity contribution in [2.24, 2.45) is 7.05 Å². The fourth-order valence-corrected chi connectivity index (χ4v) is 4.38. The molecule has 162 valence electrons. The van der Waals surface area contributed by atoms with Crippen LogP contribution in [0, 0.1) is 0 Å². The Hall–Kier alpha value is -3.78. The van der Waals surface area contributed by atoms with Crippen LogP contribution in [-0.2, 0) is 18.4 Å². The largest absolute Gasteiger partial charge is 0.383 e. The molecular weight excluding hydrogens is 409 g/mol. The standard InChI is InChI=1S/C24H22FN5O2/c1-29(21-13-32-12-16-9-14(7-8-25)3-5-17(16)21)24(31)15-4-6-20-18(10-15)22-19(23(26)28-20)11-27-30(22)2/h3-11,21H,12-13H2,1-2H3,(H2,26,28)/b8-7+. The Bertz CT molecular complexity index is 1390. The Labute approximate surface area is 183 Å². The van der Waals surface area contributed by atoms with E-state index in [4.69, 9.17) is 10.5 Å². The van der Waals surface area contributed by atoms with E-state index in [-0.39, 0.29) is 11.9 Å². The van der Waals surface area contributed by atoms with Crippen LogP contribution in [0.4, 0.5) is 10.2 Å². The molecular formula is C24H22FN5O2. The van der Waals surface area contributed by atoms with Crippen LogP contribution in [0.15, 0.2) is 48.9 Å². The monoisotopic (exact) mass is 431 g/mol. The SMILES string of the molecule is CN(C(=O)c1ccc2nc(N)c3cnn(C)c3c2c1)C1COCc2cc(/C=C/F)ccc21. The number of hydrogen-bond donors (Lipinski definition) is 1. The van der Waals surface area contributed by atoms with Gasteiger partial charge in [-0.3, -0.25) is 9.48 Å². The molecule has 7 nitrogen and oxygen atoms in total. The van der Waals surface area contributed by atoms with E-state index in [9.17, 15) is 9.18 Å². The molecule has 8 heteroatoms. The molecule has 0 saturated carbocycles. The Morgan fingerprint density at radius 1 is 1.28 bits per heavy atom. The summed E-state index contributed by atoms with van der Waals surface area (Å²) in [5.41, 5.74) is 10.9. The topological polar surface area (TPSA) is 86.3 Å². The van der Waals surface area contributed by atoms with Gasteiger partial charge in [-0.15, -0.1) is 0 Å². The summed E-state index contributed by atoms with van der Waals surface area (Å²) < 4.78 is 20.0. The molecule has 0 spiro atoms. The first-order valence-electron chi connectivity index (χ1n) is 10.2. The number of ether oxygens (including phenoxy) is 1. The molecule has 2 aromatic carbocycles. The highest BCUT2D eigenvalue weighted by atomic mass is 19.1. The van der Waals surface area contributed by atoms with Gasteiger partial charge >= 0.3 is 0 Å². The molecule has 1 unspecified atom stereocenters. The number of nitrogens with two attached hydrogens (primary N) is 1. The quantitative estimate of drug-likeness (QED) is 0.530. The summed E-state index contributed by atoms with van der Waals surface area (Å²) >= 11 is 0. The van der Waals surface area contributed by atoms with E-state index in [1.165, 1.54) is 6.08 Å². The summed E-state index contributed by atoms with van der Waals surface area (Å²) in [6.07, 6.45) is 3.59. The van der Waals surface area contributed by atoms with Gasteiger partial charge < -0.3 is 15.4 Å². The van der Waals surface area contributed by atoms with Crippen molar-refractivity contribution in [3.8, 4) is 0 Å². The molecule has 2 aromatic heterocycles. The lowest BCUT2D eigenvalue weighted by molar-refractivity contribution is 0.0346. The van der Waals surface area contributed by atoms with Crippen LogP contribution in [0.2, 0.25) is 0 Å². The molecule has 3 heterocycles. The van der Waals surface area contributed by atoms with Crippen molar-refractivity contribution < 1.29 is 13.9 Å². The number of nitrogens with zero attached hydrogens (tertiary/aromatic N) is 4. The molecule has 32 heavy (non-hydrogen) atoms. The second-order valence-electron chi connectivity index (χ2n) is 7.96. The minimum Gasteiger partial charge on any atom is -0.383 e. The number of carbonyl (C=O) groups excluding carboxylic acids is 1. The summed E-state index contributed by atoms with van der Waals surface area (Å²) in [5, 5.41) is 5.86. The molecule has 0 bridgehead atoms. The maximum atomic E-state index is 13.4. The number of amides is 1. The number of anilines is 1. The number of hydrogen-bond acceptors (Lipinski definition) is 5. The molecule has 4 aromatic rings. The number of rotatable bonds is 3. The number of fused-ring (bicyclic) bond motifs is 4. The van der Waals surface area contributed by atoms with E-state index < -0.39 is 0 Å². The summed E-state index contributed by atoms with van der Waals surface area (Å²) in [5.74, 6) is 0.281. The number of halogens is 1. The number of aryl methyl sites for hydroxylation is 1. The van der Waals surface area contributed by atoms with Gasteiger partial charge in [-0.1, -0.05) is 12.1 Å². The molecule has 1 aliphatic rings. The van der Waals surface area contributed by atoms with Gasteiger partial charge in [0.15, 0.2) is 0 Å². The smallest absolute Gasteiger partial charge is 0.254 e. The minimum atomic E-state index is -0.244. The first kappa shape index (κ1) is 20.1. The van der Waals surface area contributed by atoms with E-state index in [0.717, 1.165) is 33.0 Å². The Kier molecular flexibility index (Phi) is 4.86. The third-order valence-corrected chi connectivity index (χ3v) is 6.06. The van der Waals surface area contributed by atoms with E-state index in [0.29, 0.717) is 36.4 Å². The van der Waals surface area contributed by atoms with Crippen molar-refractivity contribution in [2.45, 2.75) is 12.6 Å². The lowest BCUT2D eigenvalue weighted by Crippen LogP contribution is -2.36. The van der Waals surface area contributed by atoms with Crippen LogP contribution >= 0.6 is 0 Å². The van der Waals surface area contributed by atoms with Crippen LogP contribution in [0.25, 0.3) is 27.9 Å². The summed E-state index contributed by atoms with van der Waals surface area (Å²) in [7, 11) is 3.61. The van der Waals surface area contributed by atoms with Gasteiger partial charge in [0.2, 0.25) is 0 Å². The maximum Gasteiger partial charge on any atom is 0.254 e. The lowest BCUT2D eigenvalue weighted by atomic mass is 9.95. The molecule has 5 rings (SSSR count). The second-order valence-corrected chi connectivity index (χ2v) is 7.96. The van der Waals surface area contributed by atoms with E-state index in [1.807, 2.05) is 31.3 Å². The Morgan fingerprint density at radius 2 is 2.12 bits per heavy atom. The second kappa shape index (κ2) is 7.72. The summed E-state index contributed by atoms with van der Waals surface area (Å²) in [4.78, 5) is 19.6. The molecule has 0 fully saturated rings. The van der Waals surface area contributed by atoms with E-state index in [1.54, 1.807) is 35.0 Å². The first-order valence-corrected chi connectivity index (χ1v) is 10.2. The van der Waals surface area contributed by atoms with E-state index >= 15 is 0 Å². The average Bonchev–Trinajstić information content (AvgIpc) is 3.20. The Morgan fingerprint density at radius 3 is 2.94 bits per heavy atom. The van der Waals surface area contributed by atoms with Crippen molar-refractivity contribution in [3.63, 3.8) is 0 Å². The van der Waals surface area contributed by atoms with Crippen molar-refractivity contribution in [2.75, 3.05) is 19.4 Å². The third kappa shape index (κ3) is 3.20. The maximum absolute atomic E-state index is 13.4. The van der Waals surface area contributed by atoms with Gasteiger partial charge in [-0.2, -0.15) is 5.10 Å². The molecule has 1 atom stereocenters. The first-order chi connectivity index (χ1) is 15.5. The van der Waals surface area contributed by atoms with Crippen molar-refractivity contribution in [3.05, 3.63) is 71.2 Å². The highest BCUT2D eigenvalue weighted by Gasteiger charge is 2.28. The lowest BCUT2D eigenvalue weighted by Gasteiger charge is -2.33. The van der Waals surface area contributed by atoms with Gasteiger partial charge in [-0.25, -0.2) is 9.37 Å². The predicted molar refractivity (Wildman–Crippen MR) is 122 cm³/mol. The van der Waals surface area contributed by atoms with Gasteiger partial charge in [0.05, 0.1) is 48.2 Å². The molecule has 0 saturated heterocycles. The average molecular weight is 431 g/mol. The number of carbonyl (C=O) groups is 1. The summed E-state index contributed by atoms with van der Waals surface area (Å²) in [6.45, 7) is 0.828. The van der Waals surface area contributed by atoms with Crippen LogP contribution in [0.1, 0.15) is 33.1 Å². The highest BCUT2D eigenvalue weighted by molar-refractivity contribution is 6.10. The molecule has 1 aliphatic heterocycles. The molecule has 0 radical (unpaired) electrons. The van der Waals surface area contributed by atoms with Crippen LogP contribution in [0.3, 0.4) is 0 Å². The highest BCUT2D eigenvalue weighted by Crippen LogP contribution is 2.32. The third-order valence-electron chi connectivity index (χ3n) is 6.06. The van der Waals surface area contributed by atoms with Crippen LogP contribution in [0.5, 0.6) is 0 Å². The van der Waals surface area contributed by atoms with E-state index in [2.05, 4.69) is 10.1 Å². The zero-order valence-corrected chi connectivity index (χ0v) is 17.7. The number of pyridine rings is 1. The van der Waals surface area contributed by atoms with Crippen molar-refractivity contribution in [1.82, 2.24) is 19.7 Å². The molecule has 2 N–H and O–H groups in total. The van der Waals surface area contributed by atoms with Gasteiger partial charge in [0.25, 0.3) is 5.91 Å². The number of aromatic nitrogens is 3. The predicted octanol–water partition coefficient (Wildman–Crippen LogP) is 3.99. The van der Waals surface area contributed by atoms with Gasteiger partial charge in [0.1, 0.15) is 5.82 Å². The van der Waals surface area contributed by atoms with Crippen molar-refractivity contribution in [1.29, 1.82) is 0 Å². The number of benzene rings is 2. The fraction of sp³-hybridized carbons (Fsp3) is 0.208. The number of likely N-dealkylation sites (N-methyl/N-ethyl adjacent to an activating group) is 1.